The van der Waals surface area contributed by atoms with E-state index < -0.39 is 0 Å². The first kappa shape index (κ1) is 13.0. The third-order valence-corrected chi connectivity index (χ3v) is 3.50. The van der Waals surface area contributed by atoms with Crippen molar-refractivity contribution in [3.05, 3.63) is 18.0 Å². The molecule has 0 spiro atoms. The molecule has 0 saturated carbocycles. The molecule has 0 bridgehead atoms. The van der Waals surface area contributed by atoms with Gasteiger partial charge in [0.15, 0.2) is 0 Å². The van der Waals surface area contributed by atoms with E-state index in [4.69, 9.17) is 0 Å². The van der Waals surface area contributed by atoms with Crippen molar-refractivity contribution in [1.29, 1.82) is 0 Å². The van der Waals surface area contributed by atoms with Crippen molar-refractivity contribution < 1.29 is 4.79 Å². The monoisotopic (exact) mass is 283 g/mol. The highest BCUT2D eigenvalue weighted by molar-refractivity contribution is 7.98. The second-order valence-corrected chi connectivity index (χ2v) is 5.32. The lowest BCUT2D eigenvalue weighted by atomic mass is 10.3. The van der Waals surface area contributed by atoms with Crippen molar-refractivity contribution >= 4 is 34.3 Å². The molecule has 6 nitrogen and oxygen atoms in total. The van der Waals surface area contributed by atoms with E-state index >= 15 is 0 Å². The van der Waals surface area contributed by atoms with E-state index in [-0.39, 0.29) is 11.9 Å². The summed E-state index contributed by atoms with van der Waals surface area (Å²) in [5.41, 5.74) is 0.519. The normalized spacial score (nSPS) is 10.9. The van der Waals surface area contributed by atoms with Gasteiger partial charge in [0.25, 0.3) is 5.91 Å². The van der Waals surface area contributed by atoms with Gasteiger partial charge in [-0.1, -0.05) is 11.8 Å². The first-order valence-corrected chi connectivity index (χ1v) is 7.34. The highest BCUT2D eigenvalue weighted by Crippen LogP contribution is 2.18. The Morgan fingerprint density at radius 1 is 1.56 bits per heavy atom. The lowest BCUT2D eigenvalue weighted by molar-refractivity contribution is 0.101. The van der Waals surface area contributed by atoms with Crippen molar-refractivity contribution in [1.82, 2.24) is 19.1 Å². The summed E-state index contributed by atoms with van der Waals surface area (Å²) in [6.07, 6.45) is 3.50. The number of thioether (sulfide) groups is 1. The molecule has 0 saturated heterocycles. The van der Waals surface area contributed by atoms with Crippen molar-refractivity contribution in [2.24, 2.45) is 0 Å². The Balaban J connectivity index is 2.14. The number of hydrogen-bond acceptors (Lipinski definition) is 6. The van der Waals surface area contributed by atoms with Crippen LogP contribution < -0.4 is 5.32 Å². The molecule has 0 unspecified atom stereocenters. The molecule has 2 rings (SSSR count). The van der Waals surface area contributed by atoms with Crippen LogP contribution in [0.2, 0.25) is 0 Å². The zero-order chi connectivity index (χ0) is 13.1. The predicted molar refractivity (Wildman–Crippen MR) is 72.3 cm³/mol. The van der Waals surface area contributed by atoms with Crippen molar-refractivity contribution in [3.8, 4) is 0 Å². The van der Waals surface area contributed by atoms with Crippen LogP contribution in [-0.4, -0.2) is 31.3 Å². The summed E-state index contributed by atoms with van der Waals surface area (Å²) in [4.78, 5) is 16.2. The number of carbonyl (C=O) groups is 1. The second-order valence-electron chi connectivity index (χ2n) is 3.80. The Morgan fingerprint density at radius 2 is 2.33 bits per heavy atom. The summed E-state index contributed by atoms with van der Waals surface area (Å²) in [6, 6.07) is 1.82. The van der Waals surface area contributed by atoms with Crippen LogP contribution >= 0.6 is 23.3 Å². The topological polar surface area (TPSA) is 72.7 Å². The van der Waals surface area contributed by atoms with Crippen LogP contribution in [0.4, 0.5) is 5.13 Å². The largest absolute Gasteiger partial charge is 0.295 e. The van der Waals surface area contributed by atoms with Gasteiger partial charge in [-0.3, -0.25) is 14.8 Å². The Kier molecular flexibility index (Phi) is 3.97. The number of carbonyl (C=O) groups excluding carboxylic acids is 1. The number of amides is 1. The molecular weight excluding hydrogens is 270 g/mol. The molecule has 1 N–H and O–H groups in total. The van der Waals surface area contributed by atoms with Crippen LogP contribution in [-0.2, 0) is 0 Å². The van der Waals surface area contributed by atoms with Crippen LogP contribution in [0, 0.1) is 0 Å². The van der Waals surface area contributed by atoms with Gasteiger partial charge >= 0.3 is 0 Å². The summed E-state index contributed by atoms with van der Waals surface area (Å²) in [5, 5.41) is 8.01. The fourth-order valence-corrected chi connectivity index (χ4v) is 2.53. The number of aromatic nitrogens is 4. The molecule has 18 heavy (non-hydrogen) atoms. The highest BCUT2D eigenvalue weighted by Gasteiger charge is 2.15. The number of nitrogens with zero attached hydrogens (tertiary/aromatic N) is 4. The quantitative estimate of drug-likeness (QED) is 0.872. The van der Waals surface area contributed by atoms with Crippen molar-refractivity contribution in [2.45, 2.75) is 25.0 Å². The number of rotatable bonds is 4. The van der Waals surface area contributed by atoms with Crippen LogP contribution in [0.25, 0.3) is 0 Å². The van der Waals surface area contributed by atoms with Gasteiger partial charge in [-0.05, 0) is 26.2 Å². The molecule has 0 aliphatic rings. The van der Waals surface area contributed by atoms with E-state index in [0.717, 1.165) is 0 Å². The van der Waals surface area contributed by atoms with Crippen molar-refractivity contribution in [3.63, 3.8) is 0 Å². The minimum atomic E-state index is -0.218. The van der Waals surface area contributed by atoms with E-state index in [2.05, 4.69) is 19.8 Å². The number of nitrogens with one attached hydrogen (secondary N) is 1. The van der Waals surface area contributed by atoms with Crippen LogP contribution in [0.3, 0.4) is 0 Å². The molecule has 0 fully saturated rings. The van der Waals surface area contributed by atoms with E-state index in [1.165, 1.54) is 23.3 Å². The highest BCUT2D eigenvalue weighted by atomic mass is 32.2. The molecule has 2 aromatic heterocycles. The van der Waals surface area contributed by atoms with E-state index in [0.29, 0.717) is 16.0 Å². The molecule has 0 atom stereocenters. The molecule has 0 radical (unpaired) electrons. The standard InChI is InChI=1S/C10H13N5OS2/c1-6(2)15-7(4-5-11-15)8(16)12-9-13-10(17-3)14-18-9/h4-6H,1-3H3,(H,12,13,14,16). The average molecular weight is 283 g/mol. The maximum atomic E-state index is 12.1. The van der Waals surface area contributed by atoms with Gasteiger partial charge in [-0.15, -0.1) is 0 Å². The van der Waals surface area contributed by atoms with Crippen LogP contribution in [0.15, 0.2) is 17.4 Å². The van der Waals surface area contributed by atoms with Gasteiger partial charge in [-0.2, -0.15) is 14.5 Å². The van der Waals surface area contributed by atoms with Gasteiger partial charge in [0.1, 0.15) is 5.69 Å². The Hall–Kier alpha value is -1.41. The first-order chi connectivity index (χ1) is 8.61. The van der Waals surface area contributed by atoms with Crippen molar-refractivity contribution in [2.75, 3.05) is 11.6 Å². The van der Waals surface area contributed by atoms with Crippen LogP contribution in [0.1, 0.15) is 30.4 Å². The Bertz CT molecular complexity index is 548. The zero-order valence-corrected chi connectivity index (χ0v) is 11.9. The lowest BCUT2D eigenvalue weighted by Gasteiger charge is -2.09. The molecule has 0 aliphatic carbocycles. The predicted octanol–water partition coefficient (Wildman–Crippen LogP) is 2.29. The number of hydrogen-bond donors (Lipinski definition) is 1. The summed E-state index contributed by atoms with van der Waals surface area (Å²) in [6.45, 7) is 3.95. The zero-order valence-electron chi connectivity index (χ0n) is 10.2. The molecule has 0 aliphatic heterocycles. The lowest BCUT2D eigenvalue weighted by Crippen LogP contribution is -2.18. The summed E-state index contributed by atoms with van der Waals surface area (Å²) in [5.74, 6) is -0.218. The number of anilines is 1. The minimum Gasteiger partial charge on any atom is -0.295 e. The molecule has 0 aromatic carbocycles. The summed E-state index contributed by atoms with van der Waals surface area (Å²) >= 11 is 2.61. The molecule has 96 valence electrons. The van der Waals surface area contributed by atoms with Gasteiger partial charge in [0.05, 0.1) is 0 Å². The average Bonchev–Trinajstić information content (AvgIpc) is 2.96. The minimum absolute atomic E-state index is 0.136. The summed E-state index contributed by atoms with van der Waals surface area (Å²) < 4.78 is 5.76. The van der Waals surface area contributed by atoms with Gasteiger partial charge in [0, 0.05) is 23.8 Å². The summed E-state index contributed by atoms with van der Waals surface area (Å²) in [7, 11) is 0. The first-order valence-electron chi connectivity index (χ1n) is 5.34. The molecule has 1 amide bonds. The fourth-order valence-electron chi connectivity index (χ4n) is 1.41. The Labute approximate surface area is 113 Å². The Morgan fingerprint density at radius 3 is 2.94 bits per heavy atom. The molecule has 2 aromatic rings. The van der Waals surface area contributed by atoms with Crippen LogP contribution in [0.5, 0.6) is 0 Å². The van der Waals surface area contributed by atoms with Gasteiger partial charge in [0.2, 0.25) is 10.3 Å². The maximum absolute atomic E-state index is 12.1. The molecule has 8 heteroatoms. The fraction of sp³-hybridized carbons (Fsp3) is 0.400. The van der Waals surface area contributed by atoms with Gasteiger partial charge < -0.3 is 0 Å². The van der Waals surface area contributed by atoms with E-state index in [9.17, 15) is 4.79 Å². The maximum Gasteiger partial charge on any atom is 0.275 e. The van der Waals surface area contributed by atoms with Gasteiger partial charge in [-0.25, -0.2) is 0 Å². The smallest absolute Gasteiger partial charge is 0.275 e. The van der Waals surface area contributed by atoms with E-state index in [1.54, 1.807) is 16.9 Å². The third-order valence-electron chi connectivity index (χ3n) is 2.20. The SMILES string of the molecule is CSc1nsc(NC(=O)c2ccnn2C(C)C)n1. The van der Waals surface area contributed by atoms with E-state index in [1.807, 2.05) is 20.1 Å². The molecule has 2 heterocycles. The third kappa shape index (κ3) is 2.70. The second kappa shape index (κ2) is 5.49. The molecular formula is C10H13N5OS2.